The number of ether oxygens (including phenoxy) is 1. The molecule has 112 valence electrons. The molecule has 0 spiro atoms. The summed E-state index contributed by atoms with van der Waals surface area (Å²) in [5, 5.41) is 3.26. The van der Waals surface area contributed by atoms with Gasteiger partial charge < -0.3 is 15.0 Å². The van der Waals surface area contributed by atoms with Gasteiger partial charge in [0.05, 0.1) is 17.9 Å². The minimum atomic E-state index is -0.289. The van der Waals surface area contributed by atoms with E-state index < -0.39 is 0 Å². The SMILES string of the molecule is CNC(CCN(C)C1CCOCC1)c1ccc(F)cn1. The zero-order chi connectivity index (χ0) is 14.4. The third kappa shape index (κ3) is 4.23. The Balaban J connectivity index is 1.85. The van der Waals surface area contributed by atoms with Gasteiger partial charge in [0, 0.05) is 19.3 Å². The van der Waals surface area contributed by atoms with E-state index in [1.807, 2.05) is 7.05 Å². The molecule has 1 aliphatic heterocycles. The second kappa shape index (κ2) is 7.67. The number of hydrogen-bond acceptors (Lipinski definition) is 4. The zero-order valence-electron chi connectivity index (χ0n) is 12.3. The van der Waals surface area contributed by atoms with E-state index >= 15 is 0 Å². The number of nitrogens with one attached hydrogen (secondary N) is 1. The minimum absolute atomic E-state index is 0.165. The summed E-state index contributed by atoms with van der Waals surface area (Å²) in [4.78, 5) is 6.56. The lowest BCUT2D eigenvalue weighted by Gasteiger charge is -2.32. The Morgan fingerprint density at radius 1 is 1.45 bits per heavy atom. The zero-order valence-corrected chi connectivity index (χ0v) is 12.3. The maximum atomic E-state index is 12.9. The van der Waals surface area contributed by atoms with Gasteiger partial charge in [0.15, 0.2) is 0 Å². The normalized spacial score (nSPS) is 18.4. The predicted molar refractivity (Wildman–Crippen MR) is 77.1 cm³/mol. The van der Waals surface area contributed by atoms with E-state index in [-0.39, 0.29) is 11.9 Å². The highest BCUT2D eigenvalue weighted by Crippen LogP contribution is 2.18. The fourth-order valence-corrected chi connectivity index (χ4v) is 2.67. The molecule has 1 unspecified atom stereocenters. The summed E-state index contributed by atoms with van der Waals surface area (Å²) in [7, 11) is 4.09. The lowest BCUT2D eigenvalue weighted by molar-refractivity contribution is 0.0420. The van der Waals surface area contributed by atoms with Gasteiger partial charge in [-0.3, -0.25) is 4.98 Å². The van der Waals surface area contributed by atoms with E-state index in [2.05, 4.69) is 22.2 Å². The molecule has 20 heavy (non-hydrogen) atoms. The molecular formula is C15H24FN3O. The average Bonchev–Trinajstić information content (AvgIpc) is 2.50. The first-order valence-electron chi connectivity index (χ1n) is 7.27. The predicted octanol–water partition coefficient (Wildman–Crippen LogP) is 1.98. The fourth-order valence-electron chi connectivity index (χ4n) is 2.67. The van der Waals surface area contributed by atoms with Crippen molar-refractivity contribution >= 4 is 0 Å². The maximum Gasteiger partial charge on any atom is 0.141 e. The van der Waals surface area contributed by atoms with Gasteiger partial charge in [0.2, 0.25) is 0 Å². The summed E-state index contributed by atoms with van der Waals surface area (Å²) in [5.74, 6) is -0.289. The van der Waals surface area contributed by atoms with Gasteiger partial charge in [-0.15, -0.1) is 0 Å². The summed E-state index contributed by atoms with van der Waals surface area (Å²) < 4.78 is 18.3. The van der Waals surface area contributed by atoms with Crippen molar-refractivity contribution in [1.29, 1.82) is 0 Å². The summed E-state index contributed by atoms with van der Waals surface area (Å²) in [6.45, 7) is 2.73. The lowest BCUT2D eigenvalue weighted by atomic mass is 10.1. The summed E-state index contributed by atoms with van der Waals surface area (Å²) in [5.41, 5.74) is 0.897. The lowest BCUT2D eigenvalue weighted by Crippen LogP contribution is -2.38. The van der Waals surface area contributed by atoms with Gasteiger partial charge in [-0.05, 0) is 52.0 Å². The van der Waals surface area contributed by atoms with Gasteiger partial charge in [-0.1, -0.05) is 0 Å². The molecule has 1 aromatic rings. The molecule has 0 bridgehead atoms. The molecule has 1 atom stereocenters. The molecule has 2 heterocycles. The van der Waals surface area contributed by atoms with Crippen LogP contribution in [0.2, 0.25) is 0 Å². The Kier molecular flexibility index (Phi) is 5.88. The van der Waals surface area contributed by atoms with Crippen LogP contribution in [0.25, 0.3) is 0 Å². The van der Waals surface area contributed by atoms with Crippen molar-refractivity contribution in [3.8, 4) is 0 Å². The topological polar surface area (TPSA) is 37.4 Å². The van der Waals surface area contributed by atoms with Crippen LogP contribution in [-0.4, -0.2) is 49.8 Å². The molecule has 0 amide bonds. The Morgan fingerprint density at radius 3 is 2.80 bits per heavy atom. The fraction of sp³-hybridized carbons (Fsp3) is 0.667. The molecule has 1 N–H and O–H groups in total. The second-order valence-electron chi connectivity index (χ2n) is 5.36. The van der Waals surface area contributed by atoms with Crippen molar-refractivity contribution in [3.05, 3.63) is 29.8 Å². The molecule has 2 rings (SSSR count). The van der Waals surface area contributed by atoms with Gasteiger partial charge in [-0.25, -0.2) is 4.39 Å². The van der Waals surface area contributed by atoms with E-state index in [1.165, 1.54) is 12.3 Å². The van der Waals surface area contributed by atoms with Gasteiger partial charge >= 0.3 is 0 Å². The van der Waals surface area contributed by atoms with Crippen LogP contribution in [0.5, 0.6) is 0 Å². The molecule has 0 aliphatic carbocycles. The summed E-state index contributed by atoms with van der Waals surface area (Å²) >= 11 is 0. The van der Waals surface area contributed by atoms with Crippen LogP contribution in [0.15, 0.2) is 18.3 Å². The van der Waals surface area contributed by atoms with Crippen molar-refractivity contribution in [1.82, 2.24) is 15.2 Å². The van der Waals surface area contributed by atoms with E-state index in [4.69, 9.17) is 4.74 Å². The number of pyridine rings is 1. The Morgan fingerprint density at radius 2 is 2.20 bits per heavy atom. The Labute approximate surface area is 120 Å². The third-order valence-electron chi connectivity index (χ3n) is 4.04. The largest absolute Gasteiger partial charge is 0.381 e. The smallest absolute Gasteiger partial charge is 0.141 e. The second-order valence-corrected chi connectivity index (χ2v) is 5.36. The third-order valence-corrected chi connectivity index (χ3v) is 4.04. The number of nitrogens with zero attached hydrogens (tertiary/aromatic N) is 2. The molecule has 0 aromatic carbocycles. The van der Waals surface area contributed by atoms with E-state index in [0.29, 0.717) is 6.04 Å². The summed E-state index contributed by atoms with van der Waals surface area (Å²) in [6, 6.07) is 4.00. The quantitative estimate of drug-likeness (QED) is 0.865. The number of hydrogen-bond donors (Lipinski definition) is 1. The van der Waals surface area contributed by atoms with Crippen LogP contribution in [0, 0.1) is 5.82 Å². The van der Waals surface area contributed by atoms with Crippen LogP contribution in [0.4, 0.5) is 4.39 Å². The summed E-state index contributed by atoms with van der Waals surface area (Å²) in [6.07, 6.45) is 4.45. The average molecular weight is 281 g/mol. The van der Waals surface area contributed by atoms with E-state index in [0.717, 1.165) is 44.7 Å². The van der Waals surface area contributed by atoms with Crippen LogP contribution in [0.3, 0.4) is 0 Å². The Hall–Kier alpha value is -1.04. The van der Waals surface area contributed by atoms with Crippen LogP contribution >= 0.6 is 0 Å². The molecule has 0 radical (unpaired) electrons. The first-order valence-corrected chi connectivity index (χ1v) is 7.27. The minimum Gasteiger partial charge on any atom is -0.381 e. The highest BCUT2D eigenvalue weighted by atomic mass is 19.1. The molecule has 1 saturated heterocycles. The monoisotopic (exact) mass is 281 g/mol. The molecule has 1 fully saturated rings. The number of rotatable bonds is 6. The first kappa shape index (κ1) is 15.4. The van der Waals surface area contributed by atoms with Gasteiger partial charge in [-0.2, -0.15) is 0 Å². The van der Waals surface area contributed by atoms with E-state index in [1.54, 1.807) is 6.07 Å². The standard InChI is InChI=1S/C15H24FN3O/c1-17-14(15-4-3-12(16)11-18-15)5-8-19(2)13-6-9-20-10-7-13/h3-4,11,13-14,17H,5-10H2,1-2H3. The van der Waals surface area contributed by atoms with E-state index in [9.17, 15) is 4.39 Å². The maximum absolute atomic E-state index is 12.9. The van der Waals surface area contributed by atoms with Gasteiger partial charge in [0.25, 0.3) is 0 Å². The molecular weight excluding hydrogens is 257 g/mol. The molecule has 4 nitrogen and oxygen atoms in total. The molecule has 1 aromatic heterocycles. The molecule has 0 saturated carbocycles. The van der Waals surface area contributed by atoms with Crippen molar-refractivity contribution in [2.45, 2.75) is 31.3 Å². The first-order chi connectivity index (χ1) is 9.70. The highest BCUT2D eigenvalue weighted by molar-refractivity contribution is 5.09. The van der Waals surface area contributed by atoms with Crippen LogP contribution in [0.1, 0.15) is 31.0 Å². The van der Waals surface area contributed by atoms with Crippen LogP contribution < -0.4 is 5.32 Å². The van der Waals surface area contributed by atoms with Crippen molar-refractivity contribution < 1.29 is 9.13 Å². The van der Waals surface area contributed by atoms with Crippen molar-refractivity contribution in [2.24, 2.45) is 0 Å². The molecule has 1 aliphatic rings. The molecule has 5 heteroatoms. The Bertz CT molecular complexity index is 393. The highest BCUT2D eigenvalue weighted by Gasteiger charge is 2.19. The van der Waals surface area contributed by atoms with Crippen LogP contribution in [-0.2, 0) is 4.74 Å². The van der Waals surface area contributed by atoms with Gasteiger partial charge in [0.1, 0.15) is 5.82 Å². The number of aromatic nitrogens is 1. The van der Waals surface area contributed by atoms with Crippen molar-refractivity contribution in [3.63, 3.8) is 0 Å². The van der Waals surface area contributed by atoms with Crippen molar-refractivity contribution in [2.75, 3.05) is 33.9 Å². The number of halogens is 1.